The molecule has 3 heterocycles. The van der Waals surface area contributed by atoms with Crippen molar-refractivity contribution in [2.75, 3.05) is 4.90 Å². The predicted octanol–water partition coefficient (Wildman–Crippen LogP) is 4.03. The van der Waals surface area contributed by atoms with Gasteiger partial charge in [0.2, 0.25) is 0 Å². The zero-order chi connectivity index (χ0) is 23.0. The Morgan fingerprint density at radius 2 is 1.97 bits per heavy atom. The Bertz CT molecular complexity index is 1130. The summed E-state index contributed by atoms with van der Waals surface area (Å²) in [6, 6.07) is 3.70. The normalized spacial score (nSPS) is 16.0. The lowest BCUT2D eigenvalue weighted by molar-refractivity contribution is 0.0577. The van der Waals surface area contributed by atoms with Crippen LogP contribution in [0.2, 0.25) is 0 Å². The number of benzene rings is 1. The topological polar surface area (TPSA) is 114 Å². The van der Waals surface area contributed by atoms with Gasteiger partial charge in [-0.3, -0.25) is 9.58 Å². The number of aryl methyl sites for hydroxylation is 1. The van der Waals surface area contributed by atoms with Crippen LogP contribution in [-0.4, -0.2) is 47.7 Å². The first-order valence-electron chi connectivity index (χ1n) is 10.5. The van der Waals surface area contributed by atoms with Gasteiger partial charge in [-0.25, -0.2) is 14.8 Å². The van der Waals surface area contributed by atoms with Gasteiger partial charge in [-0.05, 0) is 58.2 Å². The fourth-order valence-corrected chi connectivity index (χ4v) is 3.95. The van der Waals surface area contributed by atoms with Crippen LogP contribution in [0.1, 0.15) is 38.3 Å². The first kappa shape index (κ1) is 21.8. The molecule has 3 aromatic rings. The highest BCUT2D eigenvalue weighted by Gasteiger charge is 2.32. The third kappa shape index (κ3) is 4.43. The molecule has 9 heteroatoms. The number of carbonyl (C=O) groups is 1. The van der Waals surface area contributed by atoms with Crippen molar-refractivity contribution in [3.8, 4) is 22.9 Å². The highest BCUT2D eigenvalue weighted by molar-refractivity contribution is 5.91. The Hall–Kier alpha value is -3.46. The summed E-state index contributed by atoms with van der Waals surface area (Å²) in [7, 11) is 0. The molecule has 1 atom stereocenters. The van der Waals surface area contributed by atoms with Crippen LogP contribution in [0.15, 0.2) is 36.9 Å². The van der Waals surface area contributed by atoms with Crippen molar-refractivity contribution in [3.05, 3.63) is 48.0 Å². The molecule has 1 aliphatic heterocycles. The minimum absolute atomic E-state index is 0.135. The summed E-state index contributed by atoms with van der Waals surface area (Å²) in [4.78, 5) is 21.9. The SMILES string of the molecule is Cc1cnc(Oc2c(-c3cnn(CC(C)(C)O)c3)ccc3c2CC[C@H](C)N3C(=O)O)nc1. The average Bonchev–Trinajstić information content (AvgIpc) is 3.15. The Balaban J connectivity index is 1.83. The molecule has 1 aliphatic rings. The number of ether oxygens (including phenoxy) is 1. The zero-order valence-electron chi connectivity index (χ0n) is 18.6. The molecule has 0 unspecified atom stereocenters. The summed E-state index contributed by atoms with van der Waals surface area (Å²) >= 11 is 0. The number of aromatic nitrogens is 4. The molecular formula is C23H27N5O4. The highest BCUT2D eigenvalue weighted by atomic mass is 16.5. The lowest BCUT2D eigenvalue weighted by Crippen LogP contribution is -2.41. The summed E-state index contributed by atoms with van der Waals surface area (Å²) in [5.74, 6) is 0.521. The molecule has 0 fully saturated rings. The zero-order valence-corrected chi connectivity index (χ0v) is 18.6. The van der Waals surface area contributed by atoms with Gasteiger partial charge < -0.3 is 14.9 Å². The van der Waals surface area contributed by atoms with Gasteiger partial charge in [0.05, 0.1) is 24.0 Å². The van der Waals surface area contributed by atoms with Crippen LogP contribution < -0.4 is 9.64 Å². The molecule has 0 spiro atoms. The molecule has 0 saturated carbocycles. The lowest BCUT2D eigenvalue weighted by Gasteiger charge is -2.34. The molecule has 0 aliphatic carbocycles. The van der Waals surface area contributed by atoms with Crippen LogP contribution in [0.25, 0.3) is 11.1 Å². The highest BCUT2D eigenvalue weighted by Crippen LogP contribution is 2.44. The number of rotatable bonds is 5. The van der Waals surface area contributed by atoms with E-state index in [0.29, 0.717) is 30.8 Å². The fraction of sp³-hybridized carbons (Fsp3) is 0.391. The van der Waals surface area contributed by atoms with E-state index in [1.807, 2.05) is 32.2 Å². The molecule has 2 aromatic heterocycles. The van der Waals surface area contributed by atoms with Crippen molar-refractivity contribution in [1.29, 1.82) is 0 Å². The maximum atomic E-state index is 11.9. The van der Waals surface area contributed by atoms with Crippen LogP contribution in [0.4, 0.5) is 10.5 Å². The van der Waals surface area contributed by atoms with Crippen molar-refractivity contribution in [2.45, 2.75) is 58.7 Å². The summed E-state index contributed by atoms with van der Waals surface area (Å²) in [6.07, 6.45) is 7.22. The summed E-state index contributed by atoms with van der Waals surface area (Å²) < 4.78 is 7.84. The van der Waals surface area contributed by atoms with E-state index >= 15 is 0 Å². The van der Waals surface area contributed by atoms with E-state index in [1.54, 1.807) is 37.1 Å². The predicted molar refractivity (Wildman–Crippen MR) is 119 cm³/mol. The van der Waals surface area contributed by atoms with Gasteiger partial charge in [-0.1, -0.05) is 0 Å². The lowest BCUT2D eigenvalue weighted by atomic mass is 9.92. The smallest absolute Gasteiger partial charge is 0.412 e. The first-order valence-corrected chi connectivity index (χ1v) is 10.5. The number of hydrogen-bond acceptors (Lipinski definition) is 6. The van der Waals surface area contributed by atoms with Crippen LogP contribution in [-0.2, 0) is 13.0 Å². The molecule has 4 rings (SSSR count). The third-order valence-electron chi connectivity index (χ3n) is 5.40. The fourth-order valence-electron chi connectivity index (χ4n) is 3.95. The first-order chi connectivity index (χ1) is 15.1. The molecule has 1 aromatic carbocycles. The molecule has 32 heavy (non-hydrogen) atoms. The molecule has 0 saturated heterocycles. The van der Waals surface area contributed by atoms with Gasteiger partial charge >= 0.3 is 12.1 Å². The summed E-state index contributed by atoms with van der Waals surface area (Å²) in [5.41, 5.74) is 2.95. The van der Waals surface area contributed by atoms with Crippen LogP contribution in [0, 0.1) is 6.92 Å². The molecule has 2 N–H and O–H groups in total. The van der Waals surface area contributed by atoms with Crippen molar-refractivity contribution in [3.63, 3.8) is 0 Å². The summed E-state index contributed by atoms with van der Waals surface area (Å²) in [5, 5.41) is 24.3. The Kier molecular flexibility index (Phi) is 5.60. The van der Waals surface area contributed by atoms with Crippen LogP contribution in [0.3, 0.4) is 0 Å². The molecule has 0 bridgehead atoms. The third-order valence-corrected chi connectivity index (χ3v) is 5.40. The second-order valence-electron chi connectivity index (χ2n) is 8.86. The Morgan fingerprint density at radius 1 is 1.25 bits per heavy atom. The molecule has 9 nitrogen and oxygen atoms in total. The van der Waals surface area contributed by atoms with Crippen molar-refractivity contribution < 1.29 is 19.7 Å². The van der Waals surface area contributed by atoms with E-state index in [9.17, 15) is 15.0 Å². The molecular weight excluding hydrogens is 410 g/mol. The van der Waals surface area contributed by atoms with E-state index in [1.165, 1.54) is 4.90 Å². The van der Waals surface area contributed by atoms with Gasteiger partial charge in [0.25, 0.3) is 0 Å². The Morgan fingerprint density at radius 3 is 2.62 bits per heavy atom. The van der Waals surface area contributed by atoms with Gasteiger partial charge in [0.1, 0.15) is 5.75 Å². The number of anilines is 1. The minimum Gasteiger partial charge on any atom is -0.465 e. The van der Waals surface area contributed by atoms with E-state index in [-0.39, 0.29) is 12.1 Å². The minimum atomic E-state index is -0.998. The largest absolute Gasteiger partial charge is 0.465 e. The molecule has 0 radical (unpaired) electrons. The van der Waals surface area contributed by atoms with Gasteiger partial charge in [0.15, 0.2) is 0 Å². The monoisotopic (exact) mass is 437 g/mol. The summed E-state index contributed by atoms with van der Waals surface area (Å²) in [6.45, 7) is 7.56. The molecule has 1 amide bonds. The number of nitrogens with zero attached hydrogens (tertiary/aromatic N) is 5. The van der Waals surface area contributed by atoms with Crippen LogP contribution in [0.5, 0.6) is 11.8 Å². The average molecular weight is 438 g/mol. The van der Waals surface area contributed by atoms with Crippen molar-refractivity contribution in [2.24, 2.45) is 0 Å². The standard InChI is InChI=1S/C23H27N5O4/c1-14-9-24-21(25-10-14)32-20-17(16-11-26-27(12-16)13-23(3,4)31)7-8-19-18(20)6-5-15(2)28(19)22(29)30/h7-12,15,31H,5-6,13H2,1-4H3,(H,29,30)/t15-/m0/s1. The number of hydrogen-bond donors (Lipinski definition) is 2. The van der Waals surface area contributed by atoms with E-state index in [2.05, 4.69) is 15.1 Å². The van der Waals surface area contributed by atoms with E-state index in [4.69, 9.17) is 4.74 Å². The number of amides is 1. The second-order valence-corrected chi connectivity index (χ2v) is 8.86. The number of carboxylic acid groups (broad SMARTS) is 1. The van der Waals surface area contributed by atoms with Crippen molar-refractivity contribution in [1.82, 2.24) is 19.7 Å². The maximum Gasteiger partial charge on any atom is 0.412 e. The van der Waals surface area contributed by atoms with Gasteiger partial charge in [-0.15, -0.1) is 0 Å². The Labute approximate surface area is 186 Å². The number of aliphatic hydroxyl groups is 1. The molecule has 168 valence electrons. The maximum absolute atomic E-state index is 11.9. The van der Waals surface area contributed by atoms with Crippen molar-refractivity contribution >= 4 is 11.8 Å². The van der Waals surface area contributed by atoms with Crippen LogP contribution >= 0.6 is 0 Å². The van der Waals surface area contributed by atoms with Gasteiger partial charge in [-0.2, -0.15) is 5.10 Å². The van der Waals surface area contributed by atoms with Gasteiger partial charge in [0, 0.05) is 41.3 Å². The second kappa shape index (κ2) is 8.23. The quantitative estimate of drug-likeness (QED) is 0.619. The van der Waals surface area contributed by atoms with E-state index in [0.717, 1.165) is 22.3 Å². The number of fused-ring (bicyclic) bond motifs is 1. The van der Waals surface area contributed by atoms with E-state index < -0.39 is 11.7 Å².